The normalized spacial score (nSPS) is 11.1. The van der Waals surface area contributed by atoms with E-state index < -0.39 is 0 Å². The summed E-state index contributed by atoms with van der Waals surface area (Å²) in [6, 6.07) is 7.60. The predicted molar refractivity (Wildman–Crippen MR) is 81.6 cm³/mol. The number of carbonyl (C=O) groups is 1. The summed E-state index contributed by atoms with van der Waals surface area (Å²) >= 11 is 0. The van der Waals surface area contributed by atoms with Gasteiger partial charge in [0.1, 0.15) is 5.65 Å². The molecule has 0 fully saturated rings. The summed E-state index contributed by atoms with van der Waals surface area (Å²) < 4.78 is 6.54. The summed E-state index contributed by atoms with van der Waals surface area (Å²) in [6.45, 7) is 0. The summed E-state index contributed by atoms with van der Waals surface area (Å²) in [4.78, 5) is 23.5. The van der Waals surface area contributed by atoms with Gasteiger partial charge in [-0.15, -0.1) is 0 Å². The topological polar surface area (TPSA) is 72.3 Å². The first-order valence-corrected chi connectivity index (χ1v) is 6.75. The van der Waals surface area contributed by atoms with E-state index in [2.05, 4.69) is 15.0 Å². The fraction of sp³-hybridized carbons (Fsp3) is 0.0625. The lowest BCUT2D eigenvalue weighted by Crippen LogP contribution is -2.02. The molecule has 0 aliphatic rings. The zero-order valence-electron chi connectivity index (χ0n) is 11.8. The molecular weight excluding hydrogens is 280 g/mol. The Labute approximate surface area is 125 Å². The summed E-state index contributed by atoms with van der Waals surface area (Å²) in [5, 5.41) is 1.03. The fourth-order valence-electron chi connectivity index (χ4n) is 2.53. The van der Waals surface area contributed by atoms with Crippen molar-refractivity contribution in [1.82, 2.24) is 19.4 Å². The minimum absolute atomic E-state index is 0.368. The molecule has 0 saturated carbocycles. The molecule has 0 radical (unpaired) electrons. The molecular formula is C16H12N4O2. The summed E-state index contributed by atoms with van der Waals surface area (Å²) in [7, 11) is 1.36. The van der Waals surface area contributed by atoms with Crippen LogP contribution in [-0.2, 0) is 4.74 Å². The molecule has 1 N–H and O–H groups in total. The first kappa shape index (κ1) is 12.6. The number of aromatic nitrogens is 4. The average Bonchev–Trinajstić information content (AvgIpc) is 3.18. The van der Waals surface area contributed by atoms with Crippen molar-refractivity contribution >= 4 is 22.5 Å². The lowest BCUT2D eigenvalue weighted by molar-refractivity contribution is 0.0600. The molecule has 0 unspecified atom stereocenters. The van der Waals surface area contributed by atoms with Crippen LogP contribution in [0, 0.1) is 0 Å². The van der Waals surface area contributed by atoms with Gasteiger partial charge in [-0.3, -0.25) is 0 Å². The van der Waals surface area contributed by atoms with Gasteiger partial charge < -0.3 is 14.1 Å². The number of ether oxygens (including phenoxy) is 1. The highest BCUT2D eigenvalue weighted by atomic mass is 16.5. The van der Waals surface area contributed by atoms with Crippen LogP contribution in [0.5, 0.6) is 0 Å². The number of hydrogen-bond acceptors (Lipinski definition) is 4. The molecule has 6 heteroatoms. The standard InChI is InChI=1S/C16H12N4O2/c1-22-16(21)11-2-3-13-14(19-9-20(13)8-11)12-6-10-4-5-17-15(10)18-7-12/h2-9H,1H3,(H,17,18). The van der Waals surface area contributed by atoms with E-state index in [0.29, 0.717) is 5.56 Å². The summed E-state index contributed by atoms with van der Waals surface area (Å²) in [5.41, 5.74) is 4.00. The number of nitrogens with one attached hydrogen (secondary N) is 1. The highest BCUT2D eigenvalue weighted by molar-refractivity contribution is 5.90. The Bertz CT molecular complexity index is 1000. The molecule has 0 bridgehead atoms. The summed E-state index contributed by atoms with van der Waals surface area (Å²) in [5.74, 6) is -0.368. The van der Waals surface area contributed by atoms with E-state index in [1.807, 2.05) is 28.8 Å². The Balaban J connectivity index is 1.86. The number of H-pyrrole nitrogens is 1. The zero-order chi connectivity index (χ0) is 15.1. The van der Waals surface area contributed by atoms with Gasteiger partial charge in [0.2, 0.25) is 0 Å². The van der Waals surface area contributed by atoms with Crippen LogP contribution in [0.3, 0.4) is 0 Å². The van der Waals surface area contributed by atoms with Gasteiger partial charge >= 0.3 is 5.97 Å². The molecule has 4 heterocycles. The van der Waals surface area contributed by atoms with Gasteiger partial charge in [0.05, 0.1) is 30.2 Å². The number of rotatable bonds is 2. The van der Waals surface area contributed by atoms with Crippen LogP contribution in [0.1, 0.15) is 10.4 Å². The minimum atomic E-state index is -0.368. The molecule has 0 atom stereocenters. The Morgan fingerprint density at radius 1 is 1.27 bits per heavy atom. The highest BCUT2D eigenvalue weighted by Crippen LogP contribution is 2.25. The second-order valence-corrected chi connectivity index (χ2v) is 4.93. The lowest BCUT2D eigenvalue weighted by Gasteiger charge is -2.02. The third kappa shape index (κ3) is 1.85. The Morgan fingerprint density at radius 2 is 2.18 bits per heavy atom. The third-order valence-electron chi connectivity index (χ3n) is 3.63. The van der Waals surface area contributed by atoms with E-state index in [1.165, 1.54) is 7.11 Å². The van der Waals surface area contributed by atoms with Crippen LogP contribution in [0.4, 0.5) is 0 Å². The van der Waals surface area contributed by atoms with Gasteiger partial charge in [-0.25, -0.2) is 14.8 Å². The predicted octanol–water partition coefficient (Wildman–Crippen LogP) is 2.66. The van der Waals surface area contributed by atoms with Crippen LogP contribution in [0.25, 0.3) is 27.8 Å². The first-order chi connectivity index (χ1) is 10.8. The van der Waals surface area contributed by atoms with E-state index >= 15 is 0 Å². The molecule has 108 valence electrons. The van der Waals surface area contributed by atoms with Crippen molar-refractivity contribution in [3.63, 3.8) is 0 Å². The van der Waals surface area contributed by atoms with Gasteiger partial charge in [-0.1, -0.05) is 0 Å². The number of fused-ring (bicyclic) bond motifs is 2. The maximum atomic E-state index is 11.6. The van der Waals surface area contributed by atoms with Crippen molar-refractivity contribution in [3.05, 3.63) is 54.7 Å². The van der Waals surface area contributed by atoms with E-state index in [1.54, 1.807) is 24.8 Å². The average molecular weight is 292 g/mol. The largest absolute Gasteiger partial charge is 0.465 e. The van der Waals surface area contributed by atoms with Crippen LogP contribution < -0.4 is 0 Å². The Hall–Kier alpha value is -3.15. The number of aromatic amines is 1. The molecule has 4 rings (SSSR count). The van der Waals surface area contributed by atoms with Gasteiger partial charge in [-0.2, -0.15) is 0 Å². The van der Waals surface area contributed by atoms with Gasteiger partial charge in [0.25, 0.3) is 0 Å². The van der Waals surface area contributed by atoms with Crippen molar-refractivity contribution in [2.24, 2.45) is 0 Å². The number of pyridine rings is 2. The number of carbonyl (C=O) groups excluding carboxylic acids is 1. The maximum absolute atomic E-state index is 11.6. The Kier molecular flexibility index (Phi) is 2.69. The van der Waals surface area contributed by atoms with Crippen LogP contribution in [0.2, 0.25) is 0 Å². The minimum Gasteiger partial charge on any atom is -0.465 e. The molecule has 0 aliphatic heterocycles. The third-order valence-corrected chi connectivity index (χ3v) is 3.63. The molecule has 0 aliphatic carbocycles. The van der Waals surface area contributed by atoms with Crippen molar-refractivity contribution in [1.29, 1.82) is 0 Å². The molecule has 0 aromatic carbocycles. The van der Waals surface area contributed by atoms with E-state index in [9.17, 15) is 4.79 Å². The van der Waals surface area contributed by atoms with Crippen LogP contribution in [0.15, 0.2) is 49.2 Å². The van der Waals surface area contributed by atoms with Crippen LogP contribution >= 0.6 is 0 Å². The molecule has 4 aromatic rings. The monoisotopic (exact) mass is 292 g/mol. The maximum Gasteiger partial charge on any atom is 0.339 e. The number of hydrogen-bond donors (Lipinski definition) is 1. The SMILES string of the molecule is COC(=O)c1ccc2c(-c3cnc4[nH]ccc4c3)ncn2c1. The lowest BCUT2D eigenvalue weighted by atomic mass is 10.1. The van der Waals surface area contributed by atoms with Crippen molar-refractivity contribution in [3.8, 4) is 11.3 Å². The number of esters is 1. The highest BCUT2D eigenvalue weighted by Gasteiger charge is 2.11. The van der Waals surface area contributed by atoms with Gasteiger partial charge in [0.15, 0.2) is 0 Å². The van der Waals surface area contributed by atoms with Crippen molar-refractivity contribution in [2.75, 3.05) is 7.11 Å². The number of imidazole rings is 1. The molecule has 22 heavy (non-hydrogen) atoms. The Morgan fingerprint density at radius 3 is 3.05 bits per heavy atom. The second-order valence-electron chi connectivity index (χ2n) is 4.93. The van der Waals surface area contributed by atoms with Crippen molar-refractivity contribution < 1.29 is 9.53 Å². The van der Waals surface area contributed by atoms with Crippen LogP contribution in [-0.4, -0.2) is 32.4 Å². The van der Waals surface area contributed by atoms with Gasteiger partial charge in [0, 0.05) is 29.5 Å². The molecule has 0 amide bonds. The van der Waals surface area contributed by atoms with E-state index in [4.69, 9.17) is 4.74 Å². The van der Waals surface area contributed by atoms with E-state index in [0.717, 1.165) is 27.8 Å². The van der Waals surface area contributed by atoms with E-state index in [-0.39, 0.29) is 5.97 Å². The molecule has 4 aromatic heterocycles. The first-order valence-electron chi connectivity index (χ1n) is 6.75. The molecule has 0 saturated heterocycles. The summed E-state index contributed by atoms with van der Waals surface area (Å²) in [6.07, 6.45) is 7.03. The number of nitrogens with zero attached hydrogens (tertiary/aromatic N) is 3. The fourth-order valence-corrected chi connectivity index (χ4v) is 2.53. The second kappa shape index (κ2) is 4.70. The smallest absolute Gasteiger partial charge is 0.339 e. The molecule has 6 nitrogen and oxygen atoms in total. The number of methoxy groups -OCH3 is 1. The zero-order valence-corrected chi connectivity index (χ0v) is 11.8. The molecule has 0 spiro atoms. The quantitative estimate of drug-likeness (QED) is 0.576. The van der Waals surface area contributed by atoms with Crippen molar-refractivity contribution in [2.45, 2.75) is 0 Å². The van der Waals surface area contributed by atoms with Gasteiger partial charge in [-0.05, 0) is 24.3 Å².